The first-order valence-electron chi connectivity index (χ1n) is 16.3. The summed E-state index contributed by atoms with van der Waals surface area (Å²) >= 11 is 0. The van der Waals surface area contributed by atoms with Gasteiger partial charge in [-0.05, 0) is 127 Å². The van der Waals surface area contributed by atoms with Gasteiger partial charge in [0.15, 0.2) is 0 Å². The quantitative estimate of drug-likeness (QED) is 0.382. The molecule has 0 aromatic carbocycles. The average molecular weight is 524 g/mol. The van der Waals surface area contributed by atoms with Gasteiger partial charge in [0, 0.05) is 26.2 Å². The summed E-state index contributed by atoms with van der Waals surface area (Å²) in [5.41, 5.74) is 2.58. The molecule has 3 nitrogen and oxygen atoms in total. The van der Waals surface area contributed by atoms with Crippen molar-refractivity contribution in [2.75, 3.05) is 26.2 Å². The van der Waals surface area contributed by atoms with Gasteiger partial charge in [-0.15, -0.1) is 0 Å². The van der Waals surface area contributed by atoms with Gasteiger partial charge in [-0.2, -0.15) is 0 Å². The van der Waals surface area contributed by atoms with Gasteiger partial charge in [0.05, 0.1) is 6.10 Å². The Morgan fingerprint density at radius 3 is 2.37 bits per heavy atom. The highest BCUT2D eigenvalue weighted by Crippen LogP contribution is 2.77. The monoisotopic (exact) mass is 523 g/mol. The summed E-state index contributed by atoms with van der Waals surface area (Å²) in [6, 6.07) is 0. The number of nitrogens with zero attached hydrogens (tertiary/aromatic N) is 1. The molecule has 0 unspecified atom stereocenters. The van der Waals surface area contributed by atoms with Gasteiger partial charge in [-0.25, -0.2) is 0 Å². The lowest BCUT2D eigenvalue weighted by Crippen LogP contribution is -2.66. The minimum atomic E-state index is -0.155. The van der Waals surface area contributed by atoms with Gasteiger partial charge >= 0.3 is 0 Å². The molecule has 1 aliphatic heterocycles. The molecular weight excluding hydrogens is 466 g/mol. The van der Waals surface area contributed by atoms with Crippen molar-refractivity contribution in [3.63, 3.8) is 0 Å². The molecule has 0 bridgehead atoms. The highest BCUT2D eigenvalue weighted by atomic mass is 16.3. The smallest absolute Gasteiger partial charge is 0.0594 e. The fraction of sp³-hybridized carbons (Fsp3) is 0.886. The normalized spacial score (nSPS) is 52.0. The first kappa shape index (κ1) is 27.5. The fourth-order valence-corrected chi connectivity index (χ4v) is 12.7. The molecule has 0 spiro atoms. The molecule has 0 aromatic heterocycles. The van der Waals surface area contributed by atoms with Crippen molar-refractivity contribution in [2.24, 2.45) is 56.7 Å². The van der Waals surface area contributed by atoms with Crippen molar-refractivity contribution >= 4 is 0 Å². The Kier molecular flexibility index (Phi) is 6.65. The van der Waals surface area contributed by atoms with E-state index in [1.54, 1.807) is 0 Å². The zero-order valence-corrected chi connectivity index (χ0v) is 25.3. The Hall–Kier alpha value is -0.640. The highest BCUT2D eigenvalue weighted by Gasteiger charge is 2.70. The average Bonchev–Trinajstić information content (AvgIpc) is 3.28. The summed E-state index contributed by atoms with van der Waals surface area (Å²) in [6.45, 7) is 21.1. The van der Waals surface area contributed by atoms with Gasteiger partial charge in [0.2, 0.25) is 0 Å². The molecule has 0 aromatic rings. The third kappa shape index (κ3) is 3.62. The third-order valence-electron chi connectivity index (χ3n) is 15.0. The Morgan fingerprint density at radius 2 is 1.66 bits per heavy atom. The van der Waals surface area contributed by atoms with E-state index in [1.807, 2.05) is 0 Å². The fourth-order valence-electron chi connectivity index (χ4n) is 12.7. The molecule has 3 heteroatoms. The van der Waals surface area contributed by atoms with Crippen LogP contribution in [0.5, 0.6) is 0 Å². The molecule has 2 N–H and O–H groups in total. The van der Waals surface area contributed by atoms with Crippen LogP contribution in [0.15, 0.2) is 24.3 Å². The first-order chi connectivity index (χ1) is 17.9. The topological polar surface area (TPSA) is 43.7 Å². The Morgan fingerprint density at radius 1 is 0.868 bits per heavy atom. The SMILES string of the molecule is C=C(CN1CC=CCC1)[C@@H]1CC[C@]2(CO)CC[C@]3(C)[C@H](CC[C@@H]4[C@@]5(C)CC[C@H](O)C(C)(C)[C@@H]5CC[C@]43C)[C@@H]12. The van der Waals surface area contributed by atoms with Crippen LogP contribution in [0.3, 0.4) is 0 Å². The third-order valence-corrected chi connectivity index (χ3v) is 15.0. The second kappa shape index (κ2) is 9.18. The summed E-state index contributed by atoms with van der Waals surface area (Å²) in [5, 5.41) is 22.0. The summed E-state index contributed by atoms with van der Waals surface area (Å²) in [4.78, 5) is 2.59. The van der Waals surface area contributed by atoms with Gasteiger partial charge in [-0.3, -0.25) is 4.90 Å². The Balaban J connectivity index is 1.32. The Labute approximate surface area is 233 Å². The molecule has 0 amide bonds. The van der Waals surface area contributed by atoms with Crippen LogP contribution in [0, 0.1) is 56.7 Å². The molecule has 0 saturated heterocycles. The molecule has 10 atom stereocenters. The van der Waals surface area contributed by atoms with Gasteiger partial charge < -0.3 is 10.2 Å². The number of rotatable bonds is 4. The predicted octanol–water partition coefficient (Wildman–Crippen LogP) is 7.24. The number of hydrogen-bond donors (Lipinski definition) is 2. The van der Waals surface area contributed by atoms with Crippen LogP contribution in [-0.4, -0.2) is 47.5 Å². The van der Waals surface area contributed by atoms with E-state index in [0.29, 0.717) is 46.5 Å². The van der Waals surface area contributed by atoms with E-state index in [4.69, 9.17) is 6.58 Å². The van der Waals surface area contributed by atoms with Crippen LogP contribution in [0.25, 0.3) is 0 Å². The van der Waals surface area contributed by atoms with Crippen LogP contribution in [0.4, 0.5) is 0 Å². The van der Waals surface area contributed by atoms with E-state index in [-0.39, 0.29) is 16.9 Å². The maximum absolute atomic E-state index is 11.0. The maximum Gasteiger partial charge on any atom is 0.0594 e. The van der Waals surface area contributed by atoms with Crippen molar-refractivity contribution in [1.29, 1.82) is 0 Å². The molecule has 6 aliphatic rings. The molecule has 38 heavy (non-hydrogen) atoms. The number of aliphatic hydroxyl groups excluding tert-OH is 2. The predicted molar refractivity (Wildman–Crippen MR) is 157 cm³/mol. The van der Waals surface area contributed by atoms with Crippen molar-refractivity contribution < 1.29 is 10.2 Å². The lowest BCUT2D eigenvalue weighted by molar-refractivity contribution is -0.249. The summed E-state index contributed by atoms with van der Waals surface area (Å²) in [5.74, 6) is 3.21. The van der Waals surface area contributed by atoms with Gasteiger partial charge in [-0.1, -0.05) is 58.9 Å². The lowest BCUT2D eigenvalue weighted by Gasteiger charge is -2.73. The lowest BCUT2D eigenvalue weighted by atomic mass is 9.32. The minimum Gasteiger partial charge on any atom is -0.396 e. The van der Waals surface area contributed by atoms with Gasteiger partial charge in [0.25, 0.3) is 0 Å². The molecule has 6 rings (SSSR count). The highest BCUT2D eigenvalue weighted by molar-refractivity contribution is 5.22. The summed E-state index contributed by atoms with van der Waals surface area (Å²) in [7, 11) is 0. The van der Waals surface area contributed by atoms with Crippen molar-refractivity contribution in [3.8, 4) is 0 Å². The standard InChI is InChI=1S/C35H57NO2/c1-24(22-36-20-8-7-9-21-36)25-12-17-35(23-37)19-18-33(5)26(30(25)35)10-11-28-32(4)15-14-29(38)31(2,3)27(32)13-16-34(28,33)6/h7-8,25-30,37-38H,1,9-23H2,2-6H3/t25-,26+,27-,28+,29-,30+,32-,33+,34+,35+/m0/s1. The zero-order valence-electron chi connectivity index (χ0n) is 25.3. The number of aliphatic hydroxyl groups is 2. The van der Waals surface area contributed by atoms with E-state index in [2.05, 4.69) is 51.7 Å². The van der Waals surface area contributed by atoms with E-state index in [9.17, 15) is 10.2 Å². The van der Waals surface area contributed by atoms with Crippen molar-refractivity contribution in [2.45, 2.75) is 111 Å². The van der Waals surface area contributed by atoms with E-state index >= 15 is 0 Å². The summed E-state index contributed by atoms with van der Waals surface area (Å²) < 4.78 is 0. The van der Waals surface area contributed by atoms with E-state index < -0.39 is 0 Å². The molecule has 5 aliphatic carbocycles. The second-order valence-electron chi connectivity index (χ2n) is 16.4. The van der Waals surface area contributed by atoms with Crippen molar-refractivity contribution in [3.05, 3.63) is 24.3 Å². The largest absolute Gasteiger partial charge is 0.396 e. The molecule has 214 valence electrons. The Bertz CT molecular complexity index is 971. The number of fused-ring (bicyclic) bond motifs is 7. The molecule has 5 saturated carbocycles. The minimum absolute atomic E-state index is 0.0165. The summed E-state index contributed by atoms with van der Waals surface area (Å²) in [6.07, 6.45) is 18.0. The molecule has 1 heterocycles. The van der Waals surface area contributed by atoms with Crippen LogP contribution in [0.1, 0.15) is 105 Å². The first-order valence-corrected chi connectivity index (χ1v) is 16.3. The number of hydrogen-bond acceptors (Lipinski definition) is 3. The maximum atomic E-state index is 11.0. The molecular formula is C35H57NO2. The molecule has 5 fully saturated rings. The van der Waals surface area contributed by atoms with Crippen LogP contribution in [0.2, 0.25) is 0 Å². The second-order valence-corrected chi connectivity index (χ2v) is 16.4. The zero-order chi connectivity index (χ0) is 27.1. The van der Waals surface area contributed by atoms with Crippen molar-refractivity contribution in [1.82, 2.24) is 4.90 Å². The van der Waals surface area contributed by atoms with E-state index in [1.165, 1.54) is 63.4 Å². The molecule has 0 radical (unpaired) electrons. The van der Waals surface area contributed by atoms with Crippen LogP contribution in [-0.2, 0) is 0 Å². The van der Waals surface area contributed by atoms with Crippen LogP contribution >= 0.6 is 0 Å². The van der Waals surface area contributed by atoms with E-state index in [0.717, 1.165) is 38.4 Å². The van der Waals surface area contributed by atoms with Crippen LogP contribution < -0.4 is 0 Å². The van der Waals surface area contributed by atoms with Gasteiger partial charge in [0.1, 0.15) is 0 Å².